The van der Waals surface area contributed by atoms with E-state index in [0.717, 1.165) is 5.92 Å². The van der Waals surface area contributed by atoms with Crippen molar-refractivity contribution in [3.63, 3.8) is 0 Å². The van der Waals surface area contributed by atoms with Gasteiger partial charge in [0.2, 0.25) is 0 Å². The fourth-order valence-electron chi connectivity index (χ4n) is 1.01. The van der Waals surface area contributed by atoms with Crippen LogP contribution in [0, 0.1) is 12.8 Å². The number of hydrogen-bond acceptors (Lipinski definition) is 0. The summed E-state index contributed by atoms with van der Waals surface area (Å²) in [5, 5.41) is 0. The van der Waals surface area contributed by atoms with E-state index in [4.69, 9.17) is 0 Å². The van der Waals surface area contributed by atoms with Gasteiger partial charge in [-0.2, -0.15) is 5.92 Å². The van der Waals surface area contributed by atoms with Gasteiger partial charge in [-0.1, -0.05) is 25.7 Å². The van der Waals surface area contributed by atoms with Gasteiger partial charge in [-0.05, 0) is 0 Å². The molecule has 0 amide bonds. The van der Waals surface area contributed by atoms with Gasteiger partial charge in [0.15, 0.2) is 0 Å². The number of halogens is 1. The maximum Gasteiger partial charge on any atom is 0 e. The molecule has 0 aromatic heterocycles. The van der Waals surface area contributed by atoms with Gasteiger partial charge in [0.25, 0.3) is 0 Å². The zero-order valence-electron chi connectivity index (χ0n) is 5.23. The van der Waals surface area contributed by atoms with Gasteiger partial charge in [0, 0.05) is 19.5 Å². The van der Waals surface area contributed by atoms with Crippen molar-refractivity contribution in [2.75, 3.05) is 0 Å². The normalized spacial score (nSPS) is 19.1. The fraction of sp³-hybridized carbons (Fsp3) is 0.833. The van der Waals surface area contributed by atoms with Crippen LogP contribution in [0.1, 0.15) is 25.7 Å². The van der Waals surface area contributed by atoms with Crippen LogP contribution in [0.2, 0.25) is 0 Å². The van der Waals surface area contributed by atoms with Crippen LogP contribution < -0.4 is 0 Å². The predicted molar refractivity (Wildman–Crippen MR) is 34.6 cm³/mol. The molecule has 1 rings (SSSR count). The van der Waals surface area contributed by atoms with E-state index in [1.165, 1.54) is 25.7 Å². The zero-order valence-corrected chi connectivity index (χ0v) is 9.01. The molecule has 8 heavy (non-hydrogen) atoms. The molecule has 1 aliphatic rings. The molecular weight excluding hydrogens is 173 g/mol. The van der Waals surface area contributed by atoms with Crippen molar-refractivity contribution in [1.29, 1.82) is 0 Å². The maximum atomic E-state index is 3.94. The first-order valence-electron chi connectivity index (χ1n) is 2.72. The van der Waals surface area contributed by atoms with Crippen LogP contribution in [-0.4, -0.2) is 0 Å². The standard InChI is InChI=1S/C6H11.ClH.Zn/c1-6-4-2-3-5-6;;/h6H,1-5H2;1H;/q-1;;. The zero-order chi connectivity index (χ0) is 4.41. The van der Waals surface area contributed by atoms with Gasteiger partial charge >= 0.3 is 0 Å². The topological polar surface area (TPSA) is 0 Å². The third-order valence-electron chi connectivity index (χ3n) is 1.47. The smallest absolute Gasteiger partial charge is 0 e. The molecule has 0 saturated heterocycles. The van der Waals surface area contributed by atoms with Gasteiger partial charge in [-0.25, -0.2) is 0 Å². The van der Waals surface area contributed by atoms with E-state index in [2.05, 4.69) is 6.92 Å². The molecule has 0 nitrogen and oxygen atoms in total. The van der Waals surface area contributed by atoms with E-state index in [1.807, 2.05) is 0 Å². The Morgan fingerprint density at radius 3 is 1.62 bits per heavy atom. The summed E-state index contributed by atoms with van der Waals surface area (Å²) in [4.78, 5) is 0. The van der Waals surface area contributed by atoms with E-state index in [9.17, 15) is 0 Å². The third-order valence-corrected chi connectivity index (χ3v) is 1.47. The molecule has 0 atom stereocenters. The predicted octanol–water partition coefficient (Wildman–Crippen LogP) is 2.43. The maximum absolute atomic E-state index is 3.94. The first-order chi connectivity index (χ1) is 2.89. The van der Waals surface area contributed by atoms with Gasteiger partial charge in [-0.3, -0.25) is 0 Å². The molecule has 0 radical (unpaired) electrons. The second-order valence-electron chi connectivity index (χ2n) is 2.15. The van der Waals surface area contributed by atoms with Gasteiger partial charge in [0.1, 0.15) is 0 Å². The van der Waals surface area contributed by atoms with Gasteiger partial charge in [-0.15, -0.1) is 12.4 Å². The average molecular weight is 185 g/mol. The minimum Gasteiger partial charge on any atom is -0.340 e. The Labute approximate surface area is 70.6 Å². The number of rotatable bonds is 0. The Balaban J connectivity index is 0. The molecule has 2 heteroatoms. The van der Waals surface area contributed by atoms with Crippen LogP contribution in [0.15, 0.2) is 0 Å². The molecule has 0 N–H and O–H groups in total. The molecule has 1 fully saturated rings. The van der Waals surface area contributed by atoms with Crippen molar-refractivity contribution in [3.8, 4) is 0 Å². The molecule has 1 saturated carbocycles. The first kappa shape index (κ1) is 11.7. The van der Waals surface area contributed by atoms with Crippen LogP contribution in [0.25, 0.3) is 0 Å². The molecule has 0 aromatic carbocycles. The quantitative estimate of drug-likeness (QED) is 0.401. The summed E-state index contributed by atoms with van der Waals surface area (Å²) in [6.45, 7) is 3.94. The van der Waals surface area contributed by atoms with E-state index in [0.29, 0.717) is 0 Å². The monoisotopic (exact) mass is 183 g/mol. The van der Waals surface area contributed by atoms with Crippen LogP contribution in [0.5, 0.6) is 0 Å². The van der Waals surface area contributed by atoms with Crippen molar-refractivity contribution in [2.45, 2.75) is 25.7 Å². The Morgan fingerprint density at radius 2 is 1.50 bits per heavy atom. The van der Waals surface area contributed by atoms with E-state index >= 15 is 0 Å². The average Bonchev–Trinajstić information content (AvgIpc) is 1.86. The van der Waals surface area contributed by atoms with E-state index in [1.54, 1.807) is 0 Å². The molecule has 1 aliphatic carbocycles. The molecule has 0 unspecified atom stereocenters. The van der Waals surface area contributed by atoms with Crippen LogP contribution in [0.3, 0.4) is 0 Å². The van der Waals surface area contributed by atoms with Crippen molar-refractivity contribution in [3.05, 3.63) is 6.92 Å². The SMILES string of the molecule is Cl.[CH2-]C1CCCC1.[Zn]. The molecule has 46 valence electrons. The van der Waals surface area contributed by atoms with Gasteiger partial charge in [0.05, 0.1) is 0 Å². The molecule has 0 bridgehead atoms. The fourth-order valence-corrected chi connectivity index (χ4v) is 1.01. The Morgan fingerprint density at radius 1 is 1.12 bits per heavy atom. The van der Waals surface area contributed by atoms with Crippen molar-refractivity contribution in [2.24, 2.45) is 5.92 Å². The minimum absolute atomic E-state index is 0. The number of hydrogen-bond donors (Lipinski definition) is 0. The largest absolute Gasteiger partial charge is 0.340 e. The Bertz CT molecular complexity index is 41.8. The summed E-state index contributed by atoms with van der Waals surface area (Å²) in [5.74, 6) is 0.796. The van der Waals surface area contributed by atoms with Crippen molar-refractivity contribution < 1.29 is 19.5 Å². The first-order valence-corrected chi connectivity index (χ1v) is 2.72. The van der Waals surface area contributed by atoms with Gasteiger partial charge < -0.3 is 6.92 Å². The third kappa shape index (κ3) is 3.86. The summed E-state index contributed by atoms with van der Waals surface area (Å²) < 4.78 is 0. The summed E-state index contributed by atoms with van der Waals surface area (Å²) >= 11 is 0. The molecule has 0 aliphatic heterocycles. The Kier molecular flexibility index (Phi) is 8.82. The minimum atomic E-state index is 0. The van der Waals surface area contributed by atoms with Crippen molar-refractivity contribution >= 4 is 12.4 Å². The van der Waals surface area contributed by atoms with Crippen LogP contribution in [0.4, 0.5) is 0 Å². The second-order valence-corrected chi connectivity index (χ2v) is 2.15. The Hall–Kier alpha value is 0.913. The summed E-state index contributed by atoms with van der Waals surface area (Å²) in [6, 6.07) is 0. The summed E-state index contributed by atoms with van der Waals surface area (Å²) in [5.41, 5.74) is 0. The molecule has 0 heterocycles. The van der Waals surface area contributed by atoms with Crippen molar-refractivity contribution in [1.82, 2.24) is 0 Å². The summed E-state index contributed by atoms with van der Waals surface area (Å²) in [7, 11) is 0. The molecular formula is C6H12ClZn-. The van der Waals surface area contributed by atoms with Crippen LogP contribution in [-0.2, 0) is 19.5 Å². The second kappa shape index (κ2) is 6.04. The van der Waals surface area contributed by atoms with Crippen LogP contribution >= 0.6 is 12.4 Å². The molecule has 0 spiro atoms. The van der Waals surface area contributed by atoms with E-state index in [-0.39, 0.29) is 31.9 Å². The van der Waals surface area contributed by atoms with E-state index < -0.39 is 0 Å². The summed E-state index contributed by atoms with van der Waals surface area (Å²) in [6.07, 6.45) is 5.60. The molecule has 0 aromatic rings.